The number of benzene rings is 1. The first kappa shape index (κ1) is 16.2. The van der Waals surface area contributed by atoms with Crippen LogP contribution in [-0.2, 0) is 6.54 Å². The molecule has 108 valence electrons. The fourth-order valence-corrected chi connectivity index (χ4v) is 2.18. The second-order valence-electron chi connectivity index (χ2n) is 3.95. The van der Waals surface area contributed by atoms with Crippen LogP contribution in [0.5, 0.6) is 5.75 Å². The van der Waals surface area contributed by atoms with Crippen LogP contribution in [0.15, 0.2) is 23.4 Å². The molecule has 0 aliphatic heterocycles. The van der Waals surface area contributed by atoms with Crippen molar-refractivity contribution < 1.29 is 9.94 Å². The summed E-state index contributed by atoms with van der Waals surface area (Å²) in [6.07, 6.45) is 5.17. The number of terminal acetylenes is 1. The van der Waals surface area contributed by atoms with Crippen molar-refractivity contribution in [3.8, 4) is 18.1 Å². The summed E-state index contributed by atoms with van der Waals surface area (Å²) in [6.45, 7) is 1.57. The number of amidine groups is 1. The first-order valence-corrected chi connectivity index (χ1v) is 7.25. The van der Waals surface area contributed by atoms with Gasteiger partial charge in [0.2, 0.25) is 0 Å². The molecule has 0 saturated carbocycles. The van der Waals surface area contributed by atoms with Gasteiger partial charge >= 0.3 is 0 Å². The van der Waals surface area contributed by atoms with Gasteiger partial charge in [-0.05, 0) is 17.7 Å². The number of oxime groups is 1. The van der Waals surface area contributed by atoms with Gasteiger partial charge in [0, 0.05) is 18.8 Å². The largest absolute Gasteiger partial charge is 0.496 e. The fourth-order valence-electron chi connectivity index (χ4n) is 1.63. The monoisotopic (exact) mass is 293 g/mol. The van der Waals surface area contributed by atoms with Gasteiger partial charge in [0.05, 0.1) is 18.4 Å². The minimum absolute atomic E-state index is 0.0354. The van der Waals surface area contributed by atoms with Crippen molar-refractivity contribution in [1.82, 2.24) is 5.32 Å². The number of ether oxygens (including phenoxy) is 1. The van der Waals surface area contributed by atoms with Crippen LogP contribution in [-0.4, -0.2) is 36.2 Å². The highest BCUT2D eigenvalue weighted by Crippen LogP contribution is 2.19. The zero-order valence-electron chi connectivity index (χ0n) is 11.4. The lowest BCUT2D eigenvalue weighted by Gasteiger charge is -2.10. The van der Waals surface area contributed by atoms with Crippen molar-refractivity contribution in [3.05, 3.63) is 29.3 Å². The highest BCUT2D eigenvalue weighted by Gasteiger charge is 2.08. The van der Waals surface area contributed by atoms with E-state index in [-0.39, 0.29) is 5.84 Å². The van der Waals surface area contributed by atoms with E-state index in [1.165, 1.54) is 0 Å². The van der Waals surface area contributed by atoms with Crippen molar-refractivity contribution in [2.24, 2.45) is 10.9 Å². The number of thioether (sulfide) groups is 1. The van der Waals surface area contributed by atoms with E-state index < -0.39 is 0 Å². The number of hydrogen-bond donors (Lipinski definition) is 3. The van der Waals surface area contributed by atoms with Crippen LogP contribution >= 0.6 is 11.8 Å². The fraction of sp³-hybridized carbons (Fsp3) is 0.357. The van der Waals surface area contributed by atoms with Gasteiger partial charge in [-0.1, -0.05) is 17.1 Å². The molecule has 0 amide bonds. The molecule has 0 saturated heterocycles. The van der Waals surface area contributed by atoms with Crippen molar-refractivity contribution in [2.75, 3.05) is 25.2 Å². The molecular weight excluding hydrogens is 274 g/mol. The van der Waals surface area contributed by atoms with E-state index in [4.69, 9.17) is 22.1 Å². The maximum absolute atomic E-state index is 8.77. The minimum Gasteiger partial charge on any atom is -0.496 e. The average Bonchev–Trinajstić information content (AvgIpc) is 2.49. The molecule has 1 aromatic carbocycles. The predicted molar refractivity (Wildman–Crippen MR) is 83.4 cm³/mol. The van der Waals surface area contributed by atoms with E-state index >= 15 is 0 Å². The Hall–Kier alpha value is -1.84. The number of nitrogens with one attached hydrogen (secondary N) is 1. The molecule has 0 aliphatic rings. The lowest BCUT2D eigenvalue weighted by atomic mass is 10.1. The van der Waals surface area contributed by atoms with Gasteiger partial charge in [0.25, 0.3) is 0 Å². The van der Waals surface area contributed by atoms with Crippen LogP contribution < -0.4 is 15.8 Å². The number of nitrogens with zero attached hydrogens (tertiary/aromatic N) is 1. The molecule has 0 heterocycles. The molecule has 0 aromatic heterocycles. The Kier molecular flexibility index (Phi) is 7.40. The zero-order valence-corrected chi connectivity index (χ0v) is 12.2. The van der Waals surface area contributed by atoms with Gasteiger partial charge in [0.15, 0.2) is 5.84 Å². The molecule has 0 spiro atoms. The molecule has 0 aliphatic carbocycles. The van der Waals surface area contributed by atoms with E-state index in [0.29, 0.717) is 17.9 Å². The quantitative estimate of drug-likeness (QED) is 0.168. The minimum atomic E-state index is 0.0354. The molecule has 0 bridgehead atoms. The van der Waals surface area contributed by atoms with Gasteiger partial charge in [-0.25, -0.2) is 0 Å². The van der Waals surface area contributed by atoms with Crippen LogP contribution in [0.1, 0.15) is 11.1 Å². The highest BCUT2D eigenvalue weighted by molar-refractivity contribution is 7.99. The average molecular weight is 293 g/mol. The van der Waals surface area contributed by atoms with E-state index in [2.05, 4.69) is 16.4 Å². The van der Waals surface area contributed by atoms with Crippen molar-refractivity contribution >= 4 is 17.6 Å². The molecule has 20 heavy (non-hydrogen) atoms. The third-order valence-electron chi connectivity index (χ3n) is 2.59. The molecule has 0 atom stereocenters. The van der Waals surface area contributed by atoms with E-state index in [9.17, 15) is 0 Å². The first-order valence-electron chi connectivity index (χ1n) is 6.09. The molecule has 1 aromatic rings. The first-order chi connectivity index (χ1) is 9.72. The lowest BCUT2D eigenvalue weighted by molar-refractivity contribution is 0.318. The molecule has 4 N–H and O–H groups in total. The van der Waals surface area contributed by atoms with E-state index in [1.807, 2.05) is 12.1 Å². The summed E-state index contributed by atoms with van der Waals surface area (Å²) in [5.74, 6) is 4.90. The molecule has 0 radical (unpaired) electrons. The van der Waals surface area contributed by atoms with Gasteiger partial charge in [-0.15, -0.1) is 18.2 Å². The number of hydrogen-bond acceptors (Lipinski definition) is 5. The summed E-state index contributed by atoms with van der Waals surface area (Å²) in [6, 6.07) is 5.58. The number of rotatable bonds is 8. The Balaban J connectivity index is 2.57. The van der Waals surface area contributed by atoms with Crippen LogP contribution in [0, 0.1) is 12.3 Å². The zero-order chi connectivity index (χ0) is 14.8. The Morgan fingerprint density at radius 1 is 1.60 bits per heavy atom. The van der Waals surface area contributed by atoms with Gasteiger partial charge in [0.1, 0.15) is 5.75 Å². The van der Waals surface area contributed by atoms with Gasteiger partial charge < -0.3 is 21.0 Å². The molecular formula is C14H19N3O2S. The summed E-state index contributed by atoms with van der Waals surface area (Å²) in [4.78, 5) is 0. The SMILES string of the molecule is C#CCSCCNCc1ccc(OC)c(/C(N)=N/O)c1. The Bertz CT molecular complexity index is 498. The Morgan fingerprint density at radius 3 is 3.05 bits per heavy atom. The standard InChI is InChI=1S/C14H19N3O2S/c1-3-7-20-8-6-16-10-11-4-5-13(19-2)12(9-11)14(15)17-18/h1,4-5,9,16,18H,6-8,10H2,2H3,(H2,15,17). The second kappa shape index (κ2) is 9.13. The van der Waals surface area contributed by atoms with Gasteiger partial charge in [-0.3, -0.25) is 0 Å². The maximum atomic E-state index is 8.77. The molecule has 1 rings (SSSR count). The normalized spacial score (nSPS) is 11.1. The molecule has 6 heteroatoms. The van der Waals surface area contributed by atoms with Crippen molar-refractivity contribution in [2.45, 2.75) is 6.54 Å². The topological polar surface area (TPSA) is 79.9 Å². The highest BCUT2D eigenvalue weighted by atomic mass is 32.2. The smallest absolute Gasteiger partial charge is 0.173 e. The summed E-state index contributed by atoms with van der Waals surface area (Å²) in [7, 11) is 1.55. The number of methoxy groups -OCH3 is 1. The van der Waals surface area contributed by atoms with Crippen LogP contribution in [0.3, 0.4) is 0 Å². The van der Waals surface area contributed by atoms with Crippen LogP contribution in [0.25, 0.3) is 0 Å². The predicted octanol–water partition coefficient (Wildman–Crippen LogP) is 1.25. The van der Waals surface area contributed by atoms with Crippen molar-refractivity contribution in [3.63, 3.8) is 0 Å². The summed E-state index contributed by atoms with van der Waals surface area (Å²) < 4.78 is 5.18. The Labute approximate surface area is 123 Å². The molecule has 0 fully saturated rings. The molecule has 0 unspecified atom stereocenters. The maximum Gasteiger partial charge on any atom is 0.173 e. The van der Waals surface area contributed by atoms with Crippen LogP contribution in [0.2, 0.25) is 0 Å². The van der Waals surface area contributed by atoms with Crippen LogP contribution in [0.4, 0.5) is 0 Å². The number of nitrogens with two attached hydrogens (primary N) is 1. The lowest BCUT2D eigenvalue weighted by Crippen LogP contribution is -2.18. The summed E-state index contributed by atoms with van der Waals surface area (Å²) in [5, 5.41) is 15.1. The molecule has 5 nitrogen and oxygen atoms in total. The van der Waals surface area contributed by atoms with Crippen molar-refractivity contribution in [1.29, 1.82) is 0 Å². The van der Waals surface area contributed by atoms with E-state index in [0.717, 1.165) is 23.6 Å². The Morgan fingerprint density at radius 2 is 2.40 bits per heavy atom. The summed E-state index contributed by atoms with van der Waals surface area (Å²) in [5.41, 5.74) is 7.24. The third kappa shape index (κ3) is 5.03. The third-order valence-corrected chi connectivity index (χ3v) is 3.45. The summed E-state index contributed by atoms with van der Waals surface area (Å²) >= 11 is 1.72. The van der Waals surface area contributed by atoms with Gasteiger partial charge in [-0.2, -0.15) is 0 Å². The second-order valence-corrected chi connectivity index (χ2v) is 5.06. The van der Waals surface area contributed by atoms with E-state index in [1.54, 1.807) is 24.9 Å².